The van der Waals surface area contributed by atoms with Crippen molar-refractivity contribution in [3.63, 3.8) is 0 Å². The molecule has 0 aliphatic heterocycles. The molecule has 0 aliphatic carbocycles. The minimum absolute atomic E-state index is 0.127. The van der Waals surface area contributed by atoms with E-state index in [1.54, 1.807) is 6.07 Å². The van der Waals surface area contributed by atoms with Gasteiger partial charge >= 0.3 is 0 Å². The third-order valence-corrected chi connectivity index (χ3v) is 4.75. The van der Waals surface area contributed by atoms with Crippen LogP contribution in [0, 0.1) is 0 Å². The van der Waals surface area contributed by atoms with E-state index in [0.29, 0.717) is 10.8 Å². The number of rotatable bonds is 4. The first kappa shape index (κ1) is 14.3. The lowest BCUT2D eigenvalue weighted by Gasteiger charge is -2.08. The van der Waals surface area contributed by atoms with Gasteiger partial charge in [0.05, 0.1) is 19.7 Å². The van der Waals surface area contributed by atoms with E-state index in [9.17, 15) is 4.79 Å². The number of para-hydroxylation sites is 2. The fourth-order valence-corrected chi connectivity index (χ4v) is 3.50. The van der Waals surface area contributed by atoms with Crippen LogP contribution in [0.5, 0.6) is 0 Å². The highest BCUT2D eigenvalue weighted by molar-refractivity contribution is 9.11. The van der Waals surface area contributed by atoms with Gasteiger partial charge in [0.1, 0.15) is 0 Å². The van der Waals surface area contributed by atoms with Gasteiger partial charge in [-0.3, -0.25) is 10.1 Å². The van der Waals surface area contributed by atoms with E-state index in [1.807, 2.05) is 30.3 Å². The number of aryl methyl sites for hydroxylation is 1. The number of carbonyl (C=O) groups is 1. The molecule has 0 atom stereocenters. The number of nitrogens with zero attached hydrogens (tertiary/aromatic N) is 2. The van der Waals surface area contributed by atoms with Crippen LogP contribution in [0.15, 0.2) is 40.2 Å². The second-order valence-corrected chi connectivity index (χ2v) is 7.10. The highest BCUT2D eigenvalue weighted by Gasteiger charge is 2.14. The van der Waals surface area contributed by atoms with Gasteiger partial charge in [-0.05, 0) is 46.6 Å². The Morgan fingerprint density at radius 2 is 2.14 bits per heavy atom. The van der Waals surface area contributed by atoms with Crippen LogP contribution in [0.2, 0.25) is 0 Å². The van der Waals surface area contributed by atoms with Gasteiger partial charge in [0, 0.05) is 6.54 Å². The number of nitrogens with one attached hydrogen (secondary N) is 1. The van der Waals surface area contributed by atoms with Crippen molar-refractivity contribution >= 4 is 50.2 Å². The van der Waals surface area contributed by atoms with Gasteiger partial charge in [0.2, 0.25) is 5.95 Å². The maximum absolute atomic E-state index is 12.3. The molecule has 3 rings (SSSR count). The zero-order chi connectivity index (χ0) is 14.8. The number of amides is 1. The van der Waals surface area contributed by atoms with E-state index in [4.69, 9.17) is 0 Å². The third-order valence-electron chi connectivity index (χ3n) is 3.12. The zero-order valence-corrected chi connectivity index (χ0v) is 13.9. The zero-order valence-electron chi connectivity index (χ0n) is 11.5. The fourth-order valence-electron chi connectivity index (χ4n) is 2.22. The average Bonchev–Trinajstić information content (AvgIpc) is 3.04. The Morgan fingerprint density at radius 3 is 2.86 bits per heavy atom. The first-order chi connectivity index (χ1) is 10.2. The number of aromatic nitrogens is 2. The molecule has 108 valence electrons. The number of imidazole rings is 1. The van der Waals surface area contributed by atoms with Gasteiger partial charge < -0.3 is 4.57 Å². The predicted octanol–water partition coefficient (Wildman–Crippen LogP) is 4.52. The highest BCUT2D eigenvalue weighted by Crippen LogP contribution is 2.24. The fraction of sp³-hybridized carbons (Fsp3) is 0.200. The first-order valence-electron chi connectivity index (χ1n) is 6.71. The number of anilines is 1. The highest BCUT2D eigenvalue weighted by atomic mass is 79.9. The maximum Gasteiger partial charge on any atom is 0.268 e. The normalized spacial score (nSPS) is 11.0. The summed E-state index contributed by atoms with van der Waals surface area (Å²) >= 11 is 4.78. The molecule has 2 aromatic heterocycles. The number of benzene rings is 1. The molecule has 0 fully saturated rings. The lowest BCUT2D eigenvalue weighted by atomic mass is 10.3. The van der Waals surface area contributed by atoms with Crippen molar-refractivity contribution < 1.29 is 4.79 Å². The van der Waals surface area contributed by atoms with Crippen molar-refractivity contribution in [1.82, 2.24) is 9.55 Å². The van der Waals surface area contributed by atoms with Gasteiger partial charge in [-0.15, -0.1) is 11.3 Å². The number of thiophene rings is 1. The van der Waals surface area contributed by atoms with Gasteiger partial charge in [-0.1, -0.05) is 19.1 Å². The summed E-state index contributed by atoms with van der Waals surface area (Å²) in [5.41, 5.74) is 1.94. The Labute approximate surface area is 134 Å². The number of hydrogen-bond donors (Lipinski definition) is 1. The summed E-state index contributed by atoms with van der Waals surface area (Å²) < 4.78 is 2.99. The lowest BCUT2D eigenvalue weighted by molar-refractivity contribution is 0.102. The van der Waals surface area contributed by atoms with Gasteiger partial charge in [0.25, 0.3) is 5.91 Å². The summed E-state index contributed by atoms with van der Waals surface area (Å²) in [4.78, 5) is 17.5. The molecule has 1 aromatic carbocycles. The summed E-state index contributed by atoms with van der Waals surface area (Å²) in [6.07, 6.45) is 0.980. The molecule has 0 aliphatic rings. The molecule has 0 radical (unpaired) electrons. The topological polar surface area (TPSA) is 46.9 Å². The number of fused-ring (bicyclic) bond motifs is 1. The Kier molecular flexibility index (Phi) is 4.07. The molecule has 4 nitrogen and oxygen atoms in total. The van der Waals surface area contributed by atoms with Crippen LogP contribution in [0.1, 0.15) is 23.0 Å². The van der Waals surface area contributed by atoms with E-state index < -0.39 is 0 Å². The monoisotopic (exact) mass is 363 g/mol. The minimum Gasteiger partial charge on any atom is -0.310 e. The second kappa shape index (κ2) is 5.99. The SMILES string of the molecule is CCCn1c(NC(=O)c2ccc(Br)s2)nc2ccccc21. The van der Waals surface area contributed by atoms with Crippen LogP contribution in [-0.4, -0.2) is 15.5 Å². The predicted molar refractivity (Wildman–Crippen MR) is 90.0 cm³/mol. The standard InChI is InChI=1S/C15H14BrN3OS/c1-2-9-19-11-6-4-3-5-10(11)17-15(19)18-14(20)12-7-8-13(16)21-12/h3-8H,2,9H2,1H3,(H,17,18,20). The average molecular weight is 364 g/mol. The summed E-state index contributed by atoms with van der Waals surface area (Å²) in [6.45, 7) is 2.93. The van der Waals surface area contributed by atoms with E-state index in [2.05, 4.69) is 37.7 Å². The number of halogens is 1. The molecular weight excluding hydrogens is 350 g/mol. The lowest BCUT2D eigenvalue weighted by Crippen LogP contribution is -2.14. The Bertz CT molecular complexity index is 793. The molecule has 1 N–H and O–H groups in total. The molecule has 0 unspecified atom stereocenters. The van der Waals surface area contributed by atoms with E-state index in [-0.39, 0.29) is 5.91 Å². The van der Waals surface area contributed by atoms with Crippen LogP contribution in [0.25, 0.3) is 11.0 Å². The Hall–Kier alpha value is -1.66. The van der Waals surface area contributed by atoms with E-state index in [1.165, 1.54) is 11.3 Å². The van der Waals surface area contributed by atoms with Crippen molar-refractivity contribution in [2.45, 2.75) is 19.9 Å². The Balaban J connectivity index is 1.96. The quantitative estimate of drug-likeness (QED) is 0.740. The van der Waals surface area contributed by atoms with Crippen LogP contribution in [-0.2, 0) is 6.54 Å². The number of carbonyl (C=O) groups excluding carboxylic acids is 1. The van der Waals surface area contributed by atoms with Crippen molar-refractivity contribution in [2.75, 3.05) is 5.32 Å². The molecular formula is C15H14BrN3OS. The largest absolute Gasteiger partial charge is 0.310 e. The molecule has 0 saturated carbocycles. The summed E-state index contributed by atoms with van der Waals surface area (Å²) in [5.74, 6) is 0.478. The van der Waals surface area contributed by atoms with Crippen molar-refractivity contribution in [1.29, 1.82) is 0 Å². The van der Waals surface area contributed by atoms with Crippen LogP contribution in [0.3, 0.4) is 0 Å². The number of hydrogen-bond acceptors (Lipinski definition) is 3. The van der Waals surface area contributed by atoms with Crippen molar-refractivity contribution in [3.8, 4) is 0 Å². The Morgan fingerprint density at radius 1 is 1.33 bits per heavy atom. The molecule has 0 spiro atoms. The van der Waals surface area contributed by atoms with Gasteiger partial charge in [-0.2, -0.15) is 0 Å². The minimum atomic E-state index is -0.127. The third kappa shape index (κ3) is 2.87. The van der Waals surface area contributed by atoms with Crippen molar-refractivity contribution in [2.24, 2.45) is 0 Å². The smallest absolute Gasteiger partial charge is 0.268 e. The van der Waals surface area contributed by atoms with E-state index >= 15 is 0 Å². The van der Waals surface area contributed by atoms with Crippen LogP contribution >= 0.6 is 27.3 Å². The molecule has 2 heterocycles. The van der Waals surface area contributed by atoms with Crippen molar-refractivity contribution in [3.05, 3.63) is 45.1 Å². The van der Waals surface area contributed by atoms with Gasteiger partial charge in [0.15, 0.2) is 0 Å². The molecule has 1 amide bonds. The van der Waals surface area contributed by atoms with Crippen LogP contribution < -0.4 is 5.32 Å². The molecule has 6 heteroatoms. The summed E-state index contributed by atoms with van der Waals surface area (Å²) in [5, 5.41) is 2.92. The summed E-state index contributed by atoms with van der Waals surface area (Å²) in [6, 6.07) is 11.6. The second-order valence-electron chi connectivity index (χ2n) is 4.63. The molecule has 0 bridgehead atoms. The van der Waals surface area contributed by atoms with E-state index in [0.717, 1.165) is 27.8 Å². The first-order valence-corrected chi connectivity index (χ1v) is 8.32. The van der Waals surface area contributed by atoms with Gasteiger partial charge in [-0.25, -0.2) is 4.98 Å². The molecule has 0 saturated heterocycles. The summed E-state index contributed by atoms with van der Waals surface area (Å²) in [7, 11) is 0. The molecule has 21 heavy (non-hydrogen) atoms. The maximum atomic E-state index is 12.3. The molecule has 3 aromatic rings. The van der Waals surface area contributed by atoms with Crippen LogP contribution in [0.4, 0.5) is 5.95 Å².